The minimum absolute atomic E-state index is 0.0160. The highest BCUT2D eigenvalue weighted by Gasteiger charge is 2.45. The lowest BCUT2D eigenvalue weighted by Crippen LogP contribution is -2.42. The van der Waals surface area contributed by atoms with Gasteiger partial charge in [0.15, 0.2) is 11.9 Å². The van der Waals surface area contributed by atoms with Crippen LogP contribution in [0.15, 0.2) is 61.1 Å². The molecule has 2 aromatic heterocycles. The summed E-state index contributed by atoms with van der Waals surface area (Å²) in [5.74, 6) is 0.117. The van der Waals surface area contributed by atoms with Gasteiger partial charge in [-0.3, -0.25) is 9.59 Å². The number of amides is 1. The van der Waals surface area contributed by atoms with Crippen LogP contribution in [0, 0.1) is 5.82 Å². The van der Waals surface area contributed by atoms with Crippen molar-refractivity contribution in [3.63, 3.8) is 0 Å². The molecule has 10 heteroatoms. The summed E-state index contributed by atoms with van der Waals surface area (Å²) in [7, 11) is 0. The van der Waals surface area contributed by atoms with Crippen LogP contribution in [0.2, 0.25) is 0 Å². The Morgan fingerprint density at radius 2 is 1.97 bits per heavy atom. The van der Waals surface area contributed by atoms with Gasteiger partial charge in [-0.15, -0.1) is 0 Å². The Kier molecular flexibility index (Phi) is 6.24. The van der Waals surface area contributed by atoms with E-state index in [-0.39, 0.29) is 41.0 Å². The summed E-state index contributed by atoms with van der Waals surface area (Å²) >= 11 is 0. The van der Waals surface area contributed by atoms with Gasteiger partial charge in [-0.25, -0.2) is 14.4 Å². The number of epoxide rings is 1. The normalized spacial score (nSPS) is 20.5. The third-order valence-electron chi connectivity index (χ3n) is 7.00. The number of nitrogens with one attached hydrogen (secondary N) is 2. The van der Waals surface area contributed by atoms with Gasteiger partial charge in [0.25, 0.3) is 5.91 Å². The van der Waals surface area contributed by atoms with Gasteiger partial charge < -0.3 is 24.7 Å². The average molecular weight is 516 g/mol. The lowest BCUT2D eigenvalue weighted by molar-refractivity contribution is -0.133. The number of rotatable bonds is 8. The number of likely N-dealkylation sites (tertiary alicyclic amines) is 1. The number of halogens is 1. The van der Waals surface area contributed by atoms with Crippen molar-refractivity contribution < 1.29 is 23.5 Å². The lowest BCUT2D eigenvalue weighted by atomic mass is 10.0. The minimum Gasteiger partial charge on any atom is -0.457 e. The first-order valence-electron chi connectivity index (χ1n) is 12.6. The van der Waals surface area contributed by atoms with E-state index >= 15 is 4.39 Å². The molecule has 6 rings (SSSR count). The van der Waals surface area contributed by atoms with Gasteiger partial charge in [-0.05, 0) is 44.0 Å². The van der Waals surface area contributed by atoms with Crippen LogP contribution in [-0.4, -0.2) is 62.9 Å². The van der Waals surface area contributed by atoms with Crippen molar-refractivity contribution in [2.45, 2.75) is 38.0 Å². The molecule has 0 saturated carbocycles. The Balaban J connectivity index is 1.22. The number of aromatic nitrogens is 3. The van der Waals surface area contributed by atoms with E-state index in [2.05, 4.69) is 20.3 Å². The molecule has 2 fully saturated rings. The molecule has 3 unspecified atom stereocenters. The molecular weight excluding hydrogens is 489 g/mol. The predicted octanol–water partition coefficient (Wildman–Crippen LogP) is 4.31. The monoisotopic (exact) mass is 515 g/mol. The van der Waals surface area contributed by atoms with Crippen LogP contribution >= 0.6 is 0 Å². The second-order valence-corrected chi connectivity index (χ2v) is 9.50. The Morgan fingerprint density at radius 1 is 1.16 bits per heavy atom. The van der Waals surface area contributed by atoms with E-state index in [9.17, 15) is 9.59 Å². The third kappa shape index (κ3) is 4.58. The van der Waals surface area contributed by atoms with Crippen LogP contribution in [0.5, 0.6) is 11.5 Å². The number of carbonyl (C=O) groups is 2. The number of carbonyl (C=O) groups excluding carboxylic acids is 2. The van der Waals surface area contributed by atoms with Gasteiger partial charge in [-0.2, -0.15) is 0 Å². The third-order valence-corrected chi connectivity index (χ3v) is 7.00. The molecule has 9 nitrogen and oxygen atoms in total. The van der Waals surface area contributed by atoms with Crippen molar-refractivity contribution >= 4 is 28.5 Å². The van der Waals surface area contributed by atoms with Crippen LogP contribution in [0.1, 0.15) is 35.7 Å². The summed E-state index contributed by atoms with van der Waals surface area (Å²) in [5, 5.41) is 3.77. The summed E-state index contributed by atoms with van der Waals surface area (Å²) < 4.78 is 26.1. The van der Waals surface area contributed by atoms with Crippen molar-refractivity contribution in [1.82, 2.24) is 19.9 Å². The fourth-order valence-electron chi connectivity index (χ4n) is 4.95. The second kappa shape index (κ2) is 9.86. The van der Waals surface area contributed by atoms with Crippen molar-refractivity contribution in [2.24, 2.45) is 0 Å². The van der Waals surface area contributed by atoms with E-state index in [1.54, 1.807) is 18.2 Å². The molecule has 4 aromatic rings. The number of ketones is 1. The highest BCUT2D eigenvalue weighted by atomic mass is 19.1. The summed E-state index contributed by atoms with van der Waals surface area (Å²) in [5.41, 5.74) is 0.611. The number of hydrogen-bond acceptors (Lipinski definition) is 7. The fraction of sp³-hybridized carbons (Fsp3) is 0.286. The first-order chi connectivity index (χ1) is 18.5. The predicted molar refractivity (Wildman–Crippen MR) is 138 cm³/mol. The standard InChI is InChI=1S/C28H26FN5O4/c1-16-25(37-16)28(36)34-11-5-6-17(34)13-30-26-23-21(14-31-27(23)33-15-32-26)24(35)20-10-9-19(12-22(20)29)38-18-7-3-2-4-8-18/h2-4,7-10,12,14-17,25H,5-6,11,13H2,1H3,(H2,30,31,32,33). The summed E-state index contributed by atoms with van der Waals surface area (Å²) in [6, 6.07) is 13.2. The van der Waals surface area contributed by atoms with Crippen molar-refractivity contribution in [1.29, 1.82) is 0 Å². The van der Waals surface area contributed by atoms with E-state index < -0.39 is 11.6 Å². The maximum absolute atomic E-state index is 15.1. The van der Waals surface area contributed by atoms with Crippen LogP contribution in [0.25, 0.3) is 11.0 Å². The maximum Gasteiger partial charge on any atom is 0.254 e. The van der Waals surface area contributed by atoms with Crippen molar-refractivity contribution in [3.05, 3.63) is 78.0 Å². The van der Waals surface area contributed by atoms with E-state index in [1.807, 2.05) is 30.0 Å². The quantitative estimate of drug-likeness (QED) is 0.266. The minimum atomic E-state index is -0.694. The van der Waals surface area contributed by atoms with Crippen LogP contribution in [0.4, 0.5) is 10.2 Å². The second-order valence-electron chi connectivity index (χ2n) is 9.50. The van der Waals surface area contributed by atoms with E-state index in [0.717, 1.165) is 12.8 Å². The molecule has 2 aliphatic heterocycles. The van der Waals surface area contributed by atoms with Crippen LogP contribution in [-0.2, 0) is 9.53 Å². The van der Waals surface area contributed by atoms with Crippen LogP contribution < -0.4 is 10.1 Å². The number of aromatic amines is 1. The zero-order valence-electron chi connectivity index (χ0n) is 20.7. The number of ether oxygens (including phenoxy) is 2. The Labute approximate surface area is 218 Å². The average Bonchev–Trinajstić information content (AvgIpc) is 3.29. The molecule has 1 amide bonds. The summed E-state index contributed by atoms with van der Waals surface area (Å²) in [4.78, 5) is 39.6. The van der Waals surface area contributed by atoms with Crippen LogP contribution in [0.3, 0.4) is 0 Å². The van der Waals surface area contributed by atoms with E-state index in [1.165, 1.54) is 24.7 Å². The number of H-pyrrole nitrogens is 1. The Bertz CT molecular complexity index is 1510. The Hall–Kier alpha value is -4.31. The molecule has 2 aliphatic rings. The number of benzene rings is 2. The molecular formula is C28H26FN5O4. The molecule has 0 bridgehead atoms. The molecule has 2 saturated heterocycles. The van der Waals surface area contributed by atoms with E-state index in [0.29, 0.717) is 35.7 Å². The lowest BCUT2D eigenvalue weighted by Gasteiger charge is -2.24. The molecule has 2 N–H and O–H groups in total. The van der Waals surface area contributed by atoms with Gasteiger partial charge in [0.05, 0.1) is 22.6 Å². The summed E-state index contributed by atoms with van der Waals surface area (Å²) in [6.45, 7) is 3.03. The van der Waals surface area contributed by atoms with Gasteiger partial charge in [0, 0.05) is 31.4 Å². The summed E-state index contributed by atoms with van der Waals surface area (Å²) in [6.07, 6.45) is 4.28. The number of hydrogen-bond donors (Lipinski definition) is 2. The molecule has 3 atom stereocenters. The number of nitrogens with zero attached hydrogens (tertiary/aromatic N) is 3. The SMILES string of the molecule is CC1OC1C(=O)N1CCCC1CNc1ncnc2[nH]cc(C(=O)c3ccc(Oc4ccccc4)cc3F)c12. The van der Waals surface area contributed by atoms with Gasteiger partial charge >= 0.3 is 0 Å². The molecule has 0 spiro atoms. The molecule has 38 heavy (non-hydrogen) atoms. The first kappa shape index (κ1) is 24.1. The zero-order chi connectivity index (χ0) is 26.2. The van der Waals surface area contributed by atoms with Gasteiger partial charge in [0.2, 0.25) is 0 Å². The Morgan fingerprint density at radius 3 is 2.74 bits per heavy atom. The van der Waals surface area contributed by atoms with Crippen molar-refractivity contribution in [2.75, 3.05) is 18.4 Å². The molecule has 0 aliphatic carbocycles. The first-order valence-corrected chi connectivity index (χ1v) is 12.6. The maximum atomic E-state index is 15.1. The highest BCUT2D eigenvalue weighted by Crippen LogP contribution is 2.31. The fourth-order valence-corrected chi connectivity index (χ4v) is 4.95. The van der Waals surface area contributed by atoms with E-state index in [4.69, 9.17) is 9.47 Å². The largest absolute Gasteiger partial charge is 0.457 e. The van der Waals surface area contributed by atoms with Gasteiger partial charge in [0.1, 0.15) is 35.1 Å². The highest BCUT2D eigenvalue weighted by molar-refractivity contribution is 6.18. The molecule has 2 aromatic carbocycles. The van der Waals surface area contributed by atoms with Gasteiger partial charge in [-0.1, -0.05) is 18.2 Å². The number of anilines is 1. The van der Waals surface area contributed by atoms with Crippen molar-refractivity contribution in [3.8, 4) is 11.5 Å². The molecule has 194 valence electrons. The number of para-hydroxylation sites is 1. The molecule has 4 heterocycles. The smallest absolute Gasteiger partial charge is 0.254 e. The topological polar surface area (TPSA) is 113 Å². The number of fused-ring (bicyclic) bond motifs is 1. The zero-order valence-corrected chi connectivity index (χ0v) is 20.7. The molecule has 0 radical (unpaired) electrons.